The van der Waals surface area contributed by atoms with Gasteiger partial charge in [-0.05, 0) is 63.0 Å². The number of hydrogen-bond acceptors (Lipinski definition) is 5. The molecule has 0 atom stereocenters. The number of esters is 1. The van der Waals surface area contributed by atoms with Gasteiger partial charge in [0.05, 0.1) is 19.6 Å². The molecule has 136 valence electrons. The highest BCUT2D eigenvalue weighted by Gasteiger charge is 2.26. The molecule has 6 nitrogen and oxygen atoms in total. The van der Waals surface area contributed by atoms with Crippen molar-refractivity contribution in [3.05, 3.63) is 24.3 Å². The normalized spacial score (nSPS) is 19.0. The van der Waals surface area contributed by atoms with Gasteiger partial charge in [-0.3, -0.25) is 14.5 Å². The third-order valence-electron chi connectivity index (χ3n) is 5.11. The number of methoxy groups -OCH3 is 1. The molecule has 1 N–H and O–H groups in total. The fraction of sp³-hybridized carbons (Fsp3) is 0.579. The molecule has 0 unspecified atom stereocenters. The minimum absolute atomic E-state index is 0.00885. The second-order valence-corrected chi connectivity index (χ2v) is 6.86. The Morgan fingerprint density at radius 3 is 2.32 bits per heavy atom. The molecule has 0 aliphatic carbocycles. The third kappa shape index (κ3) is 4.72. The largest absolute Gasteiger partial charge is 0.469 e. The van der Waals surface area contributed by atoms with Gasteiger partial charge in [0.15, 0.2) is 0 Å². The van der Waals surface area contributed by atoms with E-state index < -0.39 is 0 Å². The van der Waals surface area contributed by atoms with Crippen molar-refractivity contribution < 1.29 is 14.3 Å². The lowest BCUT2D eigenvalue weighted by atomic mass is 9.97. The molecule has 0 saturated carbocycles. The first-order valence-corrected chi connectivity index (χ1v) is 9.11. The summed E-state index contributed by atoms with van der Waals surface area (Å²) in [6.07, 6.45) is 4.02. The summed E-state index contributed by atoms with van der Waals surface area (Å²) in [5.41, 5.74) is 2.05. The average Bonchev–Trinajstić information content (AvgIpc) is 3.17. The summed E-state index contributed by atoms with van der Waals surface area (Å²) in [5.74, 6) is -0.171. The number of hydrogen-bond donors (Lipinski definition) is 1. The zero-order valence-corrected chi connectivity index (χ0v) is 14.9. The maximum absolute atomic E-state index is 12.2. The molecule has 2 aliphatic rings. The van der Waals surface area contributed by atoms with Crippen LogP contribution >= 0.6 is 0 Å². The van der Waals surface area contributed by atoms with E-state index in [1.165, 1.54) is 25.6 Å². The maximum Gasteiger partial charge on any atom is 0.308 e. The SMILES string of the molecule is COC(=O)C1CCN(CC(=O)Nc2ccc(N3CCCC3)cc2)CC1. The minimum atomic E-state index is -0.137. The summed E-state index contributed by atoms with van der Waals surface area (Å²) in [6, 6.07) is 8.08. The highest BCUT2D eigenvalue weighted by molar-refractivity contribution is 5.92. The first-order valence-electron chi connectivity index (χ1n) is 9.11. The number of carbonyl (C=O) groups is 2. The first-order chi connectivity index (χ1) is 12.2. The zero-order valence-electron chi connectivity index (χ0n) is 14.9. The van der Waals surface area contributed by atoms with E-state index in [9.17, 15) is 9.59 Å². The van der Waals surface area contributed by atoms with Crippen molar-refractivity contribution in [2.45, 2.75) is 25.7 Å². The minimum Gasteiger partial charge on any atom is -0.469 e. The average molecular weight is 345 g/mol. The van der Waals surface area contributed by atoms with Crippen molar-refractivity contribution in [1.29, 1.82) is 0 Å². The Balaban J connectivity index is 1.44. The second kappa shape index (κ2) is 8.34. The van der Waals surface area contributed by atoms with Gasteiger partial charge >= 0.3 is 5.97 Å². The van der Waals surface area contributed by atoms with Crippen LogP contribution in [0, 0.1) is 5.92 Å². The number of benzene rings is 1. The molecule has 2 fully saturated rings. The Kier molecular flexibility index (Phi) is 5.91. The van der Waals surface area contributed by atoms with Crippen LogP contribution < -0.4 is 10.2 Å². The first kappa shape index (κ1) is 17.7. The quantitative estimate of drug-likeness (QED) is 0.828. The summed E-state index contributed by atoms with van der Waals surface area (Å²) in [7, 11) is 1.43. The number of likely N-dealkylation sites (tertiary alicyclic amines) is 1. The number of piperidine rings is 1. The van der Waals surface area contributed by atoms with Crippen LogP contribution in [0.3, 0.4) is 0 Å². The Morgan fingerprint density at radius 2 is 1.72 bits per heavy atom. The molecule has 1 aromatic rings. The molecular formula is C19H27N3O3. The van der Waals surface area contributed by atoms with Crippen LogP contribution in [0.5, 0.6) is 0 Å². The highest BCUT2D eigenvalue weighted by Crippen LogP contribution is 2.22. The Bertz CT molecular complexity index is 588. The van der Waals surface area contributed by atoms with Gasteiger partial charge in [0.25, 0.3) is 0 Å². The van der Waals surface area contributed by atoms with Crippen molar-refractivity contribution in [1.82, 2.24) is 4.90 Å². The molecule has 6 heteroatoms. The number of nitrogens with zero attached hydrogens (tertiary/aromatic N) is 2. The molecule has 2 aliphatic heterocycles. The van der Waals surface area contributed by atoms with Crippen molar-refractivity contribution >= 4 is 23.3 Å². The summed E-state index contributed by atoms with van der Waals surface area (Å²) >= 11 is 0. The third-order valence-corrected chi connectivity index (χ3v) is 5.11. The van der Waals surface area contributed by atoms with Crippen LogP contribution in [-0.2, 0) is 14.3 Å². The molecule has 0 radical (unpaired) electrons. The van der Waals surface area contributed by atoms with Gasteiger partial charge < -0.3 is 15.0 Å². The molecule has 1 aromatic carbocycles. The van der Waals surface area contributed by atoms with Gasteiger partial charge in [0.2, 0.25) is 5.91 Å². The van der Waals surface area contributed by atoms with Crippen LogP contribution in [0.15, 0.2) is 24.3 Å². The summed E-state index contributed by atoms with van der Waals surface area (Å²) < 4.78 is 4.79. The lowest BCUT2D eigenvalue weighted by molar-refractivity contribution is -0.147. The van der Waals surface area contributed by atoms with E-state index in [0.29, 0.717) is 6.54 Å². The van der Waals surface area contributed by atoms with Gasteiger partial charge in [0, 0.05) is 24.5 Å². The molecular weight excluding hydrogens is 318 g/mol. The van der Waals surface area contributed by atoms with Gasteiger partial charge in [0.1, 0.15) is 0 Å². The van der Waals surface area contributed by atoms with E-state index >= 15 is 0 Å². The van der Waals surface area contributed by atoms with Crippen LogP contribution in [0.25, 0.3) is 0 Å². The van der Waals surface area contributed by atoms with Crippen LogP contribution in [0.2, 0.25) is 0 Å². The fourth-order valence-corrected chi connectivity index (χ4v) is 3.63. The molecule has 2 saturated heterocycles. The lowest BCUT2D eigenvalue weighted by Gasteiger charge is -2.29. The van der Waals surface area contributed by atoms with Crippen LogP contribution in [0.4, 0.5) is 11.4 Å². The molecule has 2 heterocycles. The Labute approximate surface area is 149 Å². The van der Waals surface area contributed by atoms with Crippen molar-refractivity contribution in [3.63, 3.8) is 0 Å². The van der Waals surface area contributed by atoms with E-state index in [2.05, 4.69) is 27.2 Å². The van der Waals surface area contributed by atoms with Crippen LogP contribution in [0.1, 0.15) is 25.7 Å². The molecule has 0 spiro atoms. The van der Waals surface area contributed by atoms with Gasteiger partial charge in [-0.15, -0.1) is 0 Å². The lowest BCUT2D eigenvalue weighted by Crippen LogP contribution is -2.41. The second-order valence-electron chi connectivity index (χ2n) is 6.86. The van der Waals surface area contributed by atoms with Gasteiger partial charge in [-0.25, -0.2) is 0 Å². The zero-order chi connectivity index (χ0) is 17.6. The number of anilines is 2. The summed E-state index contributed by atoms with van der Waals surface area (Å²) in [6.45, 7) is 4.10. The Morgan fingerprint density at radius 1 is 1.08 bits per heavy atom. The van der Waals surface area contributed by atoms with Crippen molar-refractivity contribution in [2.75, 3.05) is 50.1 Å². The topological polar surface area (TPSA) is 61.9 Å². The number of rotatable bonds is 5. The number of nitrogens with one attached hydrogen (secondary N) is 1. The molecule has 0 bridgehead atoms. The number of amides is 1. The highest BCUT2D eigenvalue weighted by atomic mass is 16.5. The number of ether oxygens (including phenoxy) is 1. The smallest absolute Gasteiger partial charge is 0.308 e. The monoisotopic (exact) mass is 345 g/mol. The summed E-state index contributed by atoms with van der Waals surface area (Å²) in [4.78, 5) is 28.2. The predicted molar refractivity (Wildman–Crippen MR) is 97.7 cm³/mol. The molecule has 3 rings (SSSR count). The van der Waals surface area contributed by atoms with E-state index in [-0.39, 0.29) is 17.8 Å². The van der Waals surface area contributed by atoms with Crippen LogP contribution in [-0.4, -0.2) is 56.6 Å². The van der Waals surface area contributed by atoms with Crippen molar-refractivity contribution in [3.8, 4) is 0 Å². The van der Waals surface area contributed by atoms with E-state index in [1.54, 1.807) is 0 Å². The maximum atomic E-state index is 12.2. The molecule has 0 aromatic heterocycles. The molecule has 25 heavy (non-hydrogen) atoms. The molecule has 1 amide bonds. The van der Waals surface area contributed by atoms with Gasteiger partial charge in [-0.2, -0.15) is 0 Å². The van der Waals surface area contributed by atoms with E-state index in [0.717, 1.165) is 44.7 Å². The van der Waals surface area contributed by atoms with E-state index in [4.69, 9.17) is 4.74 Å². The number of carbonyl (C=O) groups excluding carboxylic acids is 2. The Hall–Kier alpha value is -2.08. The fourth-order valence-electron chi connectivity index (χ4n) is 3.63. The predicted octanol–water partition coefficient (Wildman–Crippen LogP) is 2.11. The van der Waals surface area contributed by atoms with Gasteiger partial charge in [-0.1, -0.05) is 0 Å². The van der Waals surface area contributed by atoms with E-state index in [1.807, 2.05) is 12.1 Å². The standard InChI is InChI=1S/C19H27N3O3/c1-25-19(24)15-8-12-21(13-9-15)14-18(23)20-16-4-6-17(7-5-16)22-10-2-3-11-22/h4-7,15H,2-3,8-14H2,1H3,(H,20,23). The van der Waals surface area contributed by atoms with Crippen molar-refractivity contribution in [2.24, 2.45) is 5.92 Å². The summed E-state index contributed by atoms with van der Waals surface area (Å²) in [5, 5.41) is 2.96.